The van der Waals surface area contributed by atoms with E-state index < -0.39 is 131 Å². The predicted octanol–water partition coefficient (Wildman–Crippen LogP) is 1.85. The molecule has 0 aliphatic heterocycles. The van der Waals surface area contributed by atoms with Gasteiger partial charge in [0.25, 0.3) is 11.8 Å². The summed E-state index contributed by atoms with van der Waals surface area (Å²) in [4.78, 5) is 137. The smallest absolute Gasteiger partial charge is 0.268 e. The molecule has 0 aromatic rings. The van der Waals surface area contributed by atoms with E-state index in [-0.39, 0.29) is 55.0 Å². The highest BCUT2D eigenvalue weighted by Gasteiger charge is 2.38. The van der Waals surface area contributed by atoms with Crippen LogP contribution in [0.3, 0.4) is 0 Å². The summed E-state index contributed by atoms with van der Waals surface area (Å²) in [5.41, 5.74) is 11.4. The van der Waals surface area contributed by atoms with E-state index in [0.29, 0.717) is 45.1 Å². The number of carbonyl (C=O) groups is 10. The summed E-state index contributed by atoms with van der Waals surface area (Å²) in [5.74, 6) is -8.82. The van der Waals surface area contributed by atoms with Gasteiger partial charge >= 0.3 is 0 Å². The van der Waals surface area contributed by atoms with Gasteiger partial charge in [0.05, 0.1) is 6.04 Å². The second-order valence-corrected chi connectivity index (χ2v) is 22.4. The van der Waals surface area contributed by atoms with Gasteiger partial charge in [0.15, 0.2) is 5.78 Å². The molecule has 0 saturated heterocycles. The zero-order valence-electron chi connectivity index (χ0n) is 49.3. The lowest BCUT2D eigenvalue weighted by molar-refractivity contribution is -0.137. The Bertz CT molecular complexity index is 1960. The summed E-state index contributed by atoms with van der Waals surface area (Å²) >= 11 is 0. The maximum absolute atomic E-state index is 14.3. The average molecular weight is 1090 g/mol. The number of nitrogens with two attached hydrogens (primary N) is 2. The molecule has 0 fully saturated rings. The molecule has 0 aliphatic rings. The van der Waals surface area contributed by atoms with Crippen LogP contribution in [0.2, 0.25) is 0 Å². The highest BCUT2D eigenvalue weighted by atomic mass is 16.3. The number of hydrogen-bond donors (Lipinski definition) is 12. The van der Waals surface area contributed by atoms with Crippen LogP contribution in [-0.4, -0.2) is 132 Å². The number of nitrogens with one attached hydrogen (secondary N) is 9. The largest absolute Gasteiger partial charge is 0.383 e. The molecule has 22 heteroatoms. The number of rotatable bonds is 37. The zero-order valence-corrected chi connectivity index (χ0v) is 49.3. The van der Waals surface area contributed by atoms with E-state index in [2.05, 4.69) is 47.9 Å². The van der Waals surface area contributed by atoms with Crippen molar-refractivity contribution in [2.24, 2.45) is 52.9 Å². The van der Waals surface area contributed by atoms with Crippen molar-refractivity contribution in [2.45, 2.75) is 223 Å². The molecule has 442 valence electrons. The molecular weight excluding hydrogens is 991 g/mol. The van der Waals surface area contributed by atoms with Crippen molar-refractivity contribution in [3.8, 4) is 0 Å². The molecule has 0 spiro atoms. The lowest BCUT2D eigenvalue weighted by Crippen LogP contribution is -2.62. The van der Waals surface area contributed by atoms with E-state index in [1.807, 2.05) is 41.5 Å². The summed E-state index contributed by atoms with van der Waals surface area (Å²) in [5, 5.41) is 34.9. The van der Waals surface area contributed by atoms with Gasteiger partial charge in [-0.1, -0.05) is 116 Å². The fourth-order valence-electron chi connectivity index (χ4n) is 8.13. The number of Topliss-reactive ketones (excluding diaryl/α,β-unsaturated/α-hetero) is 1. The van der Waals surface area contributed by atoms with Gasteiger partial charge in [0.2, 0.25) is 41.4 Å². The van der Waals surface area contributed by atoms with Crippen molar-refractivity contribution in [3.63, 3.8) is 0 Å². The summed E-state index contributed by atoms with van der Waals surface area (Å²) < 4.78 is 0. The van der Waals surface area contributed by atoms with Gasteiger partial charge in [-0.25, -0.2) is 0 Å². The second kappa shape index (κ2) is 36.6. The van der Waals surface area contributed by atoms with Crippen LogP contribution in [-0.2, 0) is 47.9 Å². The van der Waals surface area contributed by atoms with E-state index in [9.17, 15) is 53.1 Å². The van der Waals surface area contributed by atoms with E-state index >= 15 is 0 Å². The number of amides is 9. The van der Waals surface area contributed by atoms with Gasteiger partial charge in [0.1, 0.15) is 54.1 Å². The standard InChI is InChI=1S/C55H101N11O11/c1-17-34(14)45(66-49(71)39(24-22-26-57)59-50(72)41(28-30(6)7)62-47(69)37(19-3)58-55(77)46(68)35(15)18-2)54(76)65-44(33(12)13)53(75)64-43(32(10)11)51(73)60-38(23-20-21-25-56)48(70)63-42(31(8)9)52(74)61-40(36(16)67)27-29(4)5/h19,29-35,38-46,68H,17-18,20-28,56-57H2,1-16H3,(H,58,77)(H,59,72)(H,60,73)(H,61,74)(H,62,69)(H,63,70)(H,64,75)(H,65,76)(H,66,71)/t34-,35-,38?,39+,40?,41?,42-,43-,44-,45-,46-/m0/s1. The molecule has 11 atom stereocenters. The fourth-order valence-corrected chi connectivity index (χ4v) is 8.13. The van der Waals surface area contributed by atoms with Crippen molar-refractivity contribution >= 4 is 58.9 Å². The first-order valence-corrected chi connectivity index (χ1v) is 27.9. The van der Waals surface area contributed by atoms with E-state index in [4.69, 9.17) is 11.5 Å². The summed E-state index contributed by atoms with van der Waals surface area (Å²) in [6.45, 7) is 28.3. The third kappa shape index (κ3) is 25.7. The van der Waals surface area contributed by atoms with Crippen LogP contribution in [0.1, 0.15) is 169 Å². The lowest BCUT2D eigenvalue weighted by Gasteiger charge is -2.31. The quantitative estimate of drug-likeness (QED) is 0.0313. The number of carbonyl (C=O) groups excluding carboxylic acids is 10. The molecule has 0 aromatic heterocycles. The number of hydrogen-bond acceptors (Lipinski definition) is 13. The van der Waals surface area contributed by atoms with Crippen molar-refractivity contribution in [2.75, 3.05) is 13.1 Å². The minimum absolute atomic E-state index is 0.0633. The molecule has 0 aromatic carbocycles. The Morgan fingerprint density at radius 2 is 0.805 bits per heavy atom. The van der Waals surface area contributed by atoms with E-state index in [1.54, 1.807) is 55.4 Å². The Labute approximate surface area is 459 Å². The van der Waals surface area contributed by atoms with E-state index in [0.717, 1.165) is 0 Å². The minimum Gasteiger partial charge on any atom is -0.383 e. The Hall–Kier alpha value is -5.48. The average Bonchev–Trinajstić information content (AvgIpc) is 3.35. The maximum atomic E-state index is 14.3. The third-order valence-electron chi connectivity index (χ3n) is 13.5. The summed E-state index contributed by atoms with van der Waals surface area (Å²) in [7, 11) is 0. The normalized spacial score (nSPS) is 16.1. The number of aliphatic hydroxyl groups is 1. The molecule has 0 aliphatic carbocycles. The van der Waals surface area contributed by atoms with Crippen molar-refractivity contribution in [1.29, 1.82) is 0 Å². The van der Waals surface area contributed by atoms with Crippen LogP contribution in [0, 0.1) is 41.4 Å². The molecular formula is C55H101N11O11. The number of ketones is 1. The highest BCUT2D eigenvalue weighted by Crippen LogP contribution is 2.16. The SMILES string of the molecule is CC=C(NC(=O)[C@@H](O)[C@@H](C)CC)C(=O)NC(CC(C)C)C(=O)N[C@H](CCCN)C(=O)N[C@H](C(=O)N[C@H](C(=O)N[C@H](C(=O)NC(CCCCN)C(=O)N[C@H](C(=O)NC(CC(C)C)C(C)=O)C(C)C)C(C)C)C(C)C)[C@@H](C)CC. The monoisotopic (exact) mass is 1090 g/mol. The molecule has 0 heterocycles. The van der Waals surface area contributed by atoms with Gasteiger partial charge in [-0.05, 0) is 113 Å². The van der Waals surface area contributed by atoms with Crippen LogP contribution in [0.4, 0.5) is 0 Å². The third-order valence-corrected chi connectivity index (χ3v) is 13.5. The van der Waals surface area contributed by atoms with Crippen molar-refractivity contribution in [3.05, 3.63) is 11.8 Å². The Morgan fingerprint density at radius 3 is 1.21 bits per heavy atom. The second-order valence-electron chi connectivity index (χ2n) is 22.4. The van der Waals surface area contributed by atoms with E-state index in [1.165, 1.54) is 19.9 Å². The van der Waals surface area contributed by atoms with Crippen molar-refractivity contribution < 1.29 is 53.1 Å². The van der Waals surface area contributed by atoms with Gasteiger partial charge in [0, 0.05) is 0 Å². The lowest BCUT2D eigenvalue weighted by atomic mass is 9.95. The van der Waals surface area contributed by atoms with Gasteiger partial charge in [-0.15, -0.1) is 0 Å². The molecule has 0 rings (SSSR count). The van der Waals surface area contributed by atoms with Crippen LogP contribution in [0.25, 0.3) is 0 Å². The number of aliphatic hydroxyl groups excluding tert-OH is 1. The Morgan fingerprint density at radius 1 is 0.442 bits per heavy atom. The topological polar surface area (TPSA) is 351 Å². The van der Waals surface area contributed by atoms with Crippen molar-refractivity contribution in [1.82, 2.24) is 47.9 Å². The summed E-state index contributed by atoms with van der Waals surface area (Å²) in [6.07, 6.45) is 2.95. The molecule has 14 N–H and O–H groups in total. The van der Waals surface area contributed by atoms with Crippen LogP contribution >= 0.6 is 0 Å². The van der Waals surface area contributed by atoms with Gasteiger partial charge in [-0.2, -0.15) is 0 Å². The zero-order chi connectivity index (χ0) is 59.4. The Balaban J connectivity index is 6.60. The molecule has 0 saturated carbocycles. The first-order chi connectivity index (χ1) is 35.9. The first kappa shape index (κ1) is 71.5. The number of allylic oxidation sites excluding steroid dienone is 1. The Kier molecular flexibility index (Phi) is 34.0. The molecule has 9 amide bonds. The number of unbranched alkanes of at least 4 members (excludes halogenated alkanes) is 1. The first-order valence-electron chi connectivity index (χ1n) is 27.9. The molecule has 0 radical (unpaired) electrons. The molecule has 0 bridgehead atoms. The minimum atomic E-state index is -1.37. The predicted molar refractivity (Wildman–Crippen MR) is 298 cm³/mol. The van der Waals surface area contributed by atoms with Crippen LogP contribution in [0.5, 0.6) is 0 Å². The highest BCUT2D eigenvalue weighted by molar-refractivity contribution is 6.01. The van der Waals surface area contributed by atoms with Gasteiger partial charge < -0.3 is 64.4 Å². The molecule has 3 unspecified atom stereocenters. The van der Waals surface area contributed by atoms with Crippen LogP contribution in [0.15, 0.2) is 11.8 Å². The summed E-state index contributed by atoms with van der Waals surface area (Å²) in [6, 6.07) is -8.95. The fraction of sp³-hybridized carbons (Fsp3) is 0.782. The maximum Gasteiger partial charge on any atom is 0.268 e. The molecule has 77 heavy (non-hydrogen) atoms. The van der Waals surface area contributed by atoms with Gasteiger partial charge in [-0.3, -0.25) is 47.9 Å². The van der Waals surface area contributed by atoms with Crippen LogP contribution < -0.4 is 59.3 Å². The molecule has 22 nitrogen and oxygen atoms in total.